The van der Waals surface area contributed by atoms with Crippen LogP contribution < -0.4 is 5.32 Å². The standard InChI is InChI=1S/C14H26N2O2/c1-13(15-2,12(17)18)11-16-9-7-14(8-10-16)5-3-4-6-14/h15H,3-11H2,1-2H3,(H,17,18). The average molecular weight is 254 g/mol. The van der Waals surface area contributed by atoms with Crippen LogP contribution in [0.15, 0.2) is 0 Å². The third-order valence-electron chi connectivity index (χ3n) is 5.14. The summed E-state index contributed by atoms with van der Waals surface area (Å²) >= 11 is 0. The Bertz CT molecular complexity index is 303. The topological polar surface area (TPSA) is 52.6 Å². The number of likely N-dealkylation sites (tertiary alicyclic amines) is 1. The maximum absolute atomic E-state index is 11.3. The van der Waals surface area contributed by atoms with Crippen LogP contribution >= 0.6 is 0 Å². The molecule has 1 aliphatic heterocycles. The molecule has 1 atom stereocenters. The minimum absolute atomic E-state index is 0.606. The molecule has 0 aromatic carbocycles. The van der Waals surface area contributed by atoms with Crippen LogP contribution in [0.4, 0.5) is 0 Å². The number of carboxylic acids is 1. The highest BCUT2D eigenvalue weighted by atomic mass is 16.4. The first-order chi connectivity index (χ1) is 8.50. The Hall–Kier alpha value is -0.610. The van der Waals surface area contributed by atoms with E-state index in [0.29, 0.717) is 12.0 Å². The average Bonchev–Trinajstić information content (AvgIpc) is 2.81. The molecule has 1 spiro atoms. The van der Waals surface area contributed by atoms with E-state index in [1.54, 1.807) is 14.0 Å². The number of carbonyl (C=O) groups is 1. The zero-order valence-electron chi connectivity index (χ0n) is 11.7. The van der Waals surface area contributed by atoms with Crippen LogP contribution in [0.5, 0.6) is 0 Å². The number of carboxylic acid groups (broad SMARTS) is 1. The molecular weight excluding hydrogens is 228 g/mol. The molecule has 2 aliphatic rings. The Morgan fingerprint density at radius 3 is 2.28 bits per heavy atom. The number of hydrogen-bond donors (Lipinski definition) is 2. The van der Waals surface area contributed by atoms with Crippen LogP contribution in [-0.4, -0.2) is 48.2 Å². The summed E-state index contributed by atoms with van der Waals surface area (Å²) in [6.45, 7) is 4.50. The smallest absolute Gasteiger partial charge is 0.324 e. The highest BCUT2D eigenvalue weighted by Gasteiger charge is 2.40. The van der Waals surface area contributed by atoms with Gasteiger partial charge in [0.25, 0.3) is 0 Å². The van der Waals surface area contributed by atoms with Crippen molar-refractivity contribution in [3.05, 3.63) is 0 Å². The van der Waals surface area contributed by atoms with Crippen molar-refractivity contribution in [1.82, 2.24) is 10.2 Å². The quantitative estimate of drug-likeness (QED) is 0.802. The molecule has 1 heterocycles. The zero-order chi connectivity index (χ0) is 13.2. The van der Waals surface area contributed by atoms with Crippen molar-refractivity contribution in [2.75, 3.05) is 26.7 Å². The summed E-state index contributed by atoms with van der Waals surface area (Å²) in [7, 11) is 1.73. The monoisotopic (exact) mass is 254 g/mol. The summed E-state index contributed by atoms with van der Waals surface area (Å²) in [5.41, 5.74) is -0.212. The molecule has 0 radical (unpaired) electrons. The lowest BCUT2D eigenvalue weighted by molar-refractivity contribution is -0.145. The molecule has 0 bridgehead atoms. The van der Waals surface area contributed by atoms with Gasteiger partial charge < -0.3 is 15.3 Å². The van der Waals surface area contributed by atoms with Crippen LogP contribution in [0.25, 0.3) is 0 Å². The van der Waals surface area contributed by atoms with E-state index in [1.807, 2.05) is 0 Å². The van der Waals surface area contributed by atoms with E-state index in [-0.39, 0.29) is 0 Å². The molecule has 0 amide bonds. The van der Waals surface area contributed by atoms with Gasteiger partial charge >= 0.3 is 5.97 Å². The van der Waals surface area contributed by atoms with Crippen molar-refractivity contribution in [3.63, 3.8) is 0 Å². The van der Waals surface area contributed by atoms with Gasteiger partial charge in [0.1, 0.15) is 5.54 Å². The summed E-state index contributed by atoms with van der Waals surface area (Å²) in [4.78, 5) is 13.6. The van der Waals surface area contributed by atoms with E-state index in [0.717, 1.165) is 13.1 Å². The molecule has 0 aromatic heterocycles. The molecule has 4 nitrogen and oxygen atoms in total. The third kappa shape index (κ3) is 2.69. The fraction of sp³-hybridized carbons (Fsp3) is 0.929. The van der Waals surface area contributed by atoms with Gasteiger partial charge in [0.05, 0.1) is 0 Å². The highest BCUT2D eigenvalue weighted by molar-refractivity contribution is 5.78. The largest absolute Gasteiger partial charge is 0.480 e. The Balaban J connectivity index is 1.88. The third-order valence-corrected chi connectivity index (χ3v) is 5.14. The van der Waals surface area contributed by atoms with Gasteiger partial charge in [-0.1, -0.05) is 12.8 Å². The van der Waals surface area contributed by atoms with E-state index in [1.165, 1.54) is 38.5 Å². The van der Waals surface area contributed by atoms with Gasteiger partial charge in [-0.3, -0.25) is 4.79 Å². The normalized spacial score (nSPS) is 27.2. The van der Waals surface area contributed by atoms with Gasteiger partial charge in [0.15, 0.2) is 0 Å². The van der Waals surface area contributed by atoms with Crippen molar-refractivity contribution in [2.45, 2.75) is 51.0 Å². The second-order valence-electron chi connectivity index (χ2n) is 6.37. The number of nitrogens with zero attached hydrogens (tertiary/aromatic N) is 1. The lowest BCUT2D eigenvalue weighted by Crippen LogP contribution is -2.57. The summed E-state index contributed by atoms with van der Waals surface area (Å²) in [5, 5.41) is 12.2. The molecule has 1 unspecified atom stereocenters. The minimum Gasteiger partial charge on any atom is -0.480 e. The zero-order valence-corrected chi connectivity index (χ0v) is 11.7. The van der Waals surface area contributed by atoms with Gasteiger partial charge in [-0.2, -0.15) is 0 Å². The second-order valence-corrected chi connectivity index (χ2v) is 6.37. The van der Waals surface area contributed by atoms with Crippen LogP contribution in [0.1, 0.15) is 45.4 Å². The number of likely N-dealkylation sites (N-methyl/N-ethyl adjacent to an activating group) is 1. The number of nitrogens with one attached hydrogen (secondary N) is 1. The van der Waals surface area contributed by atoms with Gasteiger partial charge in [0.2, 0.25) is 0 Å². The van der Waals surface area contributed by atoms with E-state index in [9.17, 15) is 9.90 Å². The number of aliphatic carboxylic acids is 1. The predicted octanol–water partition coefficient (Wildman–Crippen LogP) is 1.71. The first-order valence-electron chi connectivity index (χ1n) is 7.14. The van der Waals surface area contributed by atoms with Crippen LogP contribution in [0, 0.1) is 5.41 Å². The summed E-state index contributed by atoms with van der Waals surface area (Å²) in [6, 6.07) is 0. The fourth-order valence-corrected chi connectivity index (χ4v) is 3.51. The van der Waals surface area contributed by atoms with Crippen molar-refractivity contribution >= 4 is 5.97 Å². The van der Waals surface area contributed by atoms with Gasteiger partial charge in [-0.05, 0) is 58.2 Å². The lowest BCUT2D eigenvalue weighted by Gasteiger charge is -2.42. The van der Waals surface area contributed by atoms with E-state index in [2.05, 4.69) is 10.2 Å². The maximum Gasteiger partial charge on any atom is 0.324 e. The Morgan fingerprint density at radius 1 is 1.28 bits per heavy atom. The molecular formula is C14H26N2O2. The lowest BCUT2D eigenvalue weighted by atomic mass is 9.77. The summed E-state index contributed by atoms with van der Waals surface area (Å²) < 4.78 is 0. The van der Waals surface area contributed by atoms with Crippen molar-refractivity contribution in [1.29, 1.82) is 0 Å². The van der Waals surface area contributed by atoms with E-state index < -0.39 is 11.5 Å². The maximum atomic E-state index is 11.3. The fourth-order valence-electron chi connectivity index (χ4n) is 3.51. The Kier molecular flexibility index (Phi) is 3.97. The molecule has 2 fully saturated rings. The molecule has 0 aromatic rings. The van der Waals surface area contributed by atoms with Gasteiger partial charge in [0, 0.05) is 6.54 Å². The second kappa shape index (κ2) is 5.17. The Labute approximate surface area is 110 Å². The predicted molar refractivity (Wildman–Crippen MR) is 71.7 cm³/mol. The molecule has 4 heteroatoms. The first kappa shape index (κ1) is 13.8. The van der Waals surface area contributed by atoms with Gasteiger partial charge in [-0.25, -0.2) is 0 Å². The minimum atomic E-state index is -0.819. The van der Waals surface area contributed by atoms with Crippen LogP contribution in [0.2, 0.25) is 0 Å². The number of rotatable bonds is 4. The van der Waals surface area contributed by atoms with E-state index >= 15 is 0 Å². The molecule has 18 heavy (non-hydrogen) atoms. The first-order valence-corrected chi connectivity index (χ1v) is 7.14. The van der Waals surface area contributed by atoms with Crippen molar-refractivity contribution in [2.24, 2.45) is 5.41 Å². The van der Waals surface area contributed by atoms with Crippen LogP contribution in [0.3, 0.4) is 0 Å². The van der Waals surface area contributed by atoms with Crippen molar-refractivity contribution < 1.29 is 9.90 Å². The highest BCUT2D eigenvalue weighted by Crippen LogP contribution is 2.46. The SMILES string of the molecule is CNC(C)(CN1CCC2(CCCC2)CC1)C(=O)O. The molecule has 1 saturated heterocycles. The molecule has 1 aliphatic carbocycles. The van der Waals surface area contributed by atoms with E-state index in [4.69, 9.17) is 0 Å². The van der Waals surface area contributed by atoms with Crippen LogP contribution in [-0.2, 0) is 4.79 Å². The summed E-state index contributed by atoms with van der Waals surface area (Å²) in [6.07, 6.45) is 8.08. The van der Waals surface area contributed by atoms with Crippen molar-refractivity contribution in [3.8, 4) is 0 Å². The van der Waals surface area contributed by atoms with Gasteiger partial charge in [-0.15, -0.1) is 0 Å². The number of piperidine rings is 1. The summed E-state index contributed by atoms with van der Waals surface area (Å²) in [5.74, 6) is -0.758. The molecule has 104 valence electrons. The number of hydrogen-bond acceptors (Lipinski definition) is 3. The molecule has 1 saturated carbocycles. The molecule has 2 N–H and O–H groups in total. The Morgan fingerprint density at radius 2 is 1.83 bits per heavy atom. The molecule has 2 rings (SSSR count).